The predicted molar refractivity (Wildman–Crippen MR) is 153 cm³/mol. The van der Waals surface area contributed by atoms with Crippen LogP contribution in [0, 0.1) is 0 Å². The molecule has 0 radical (unpaired) electrons. The van der Waals surface area contributed by atoms with Gasteiger partial charge in [0.25, 0.3) is 0 Å². The Kier molecular flexibility index (Phi) is 9.23. The second-order valence-corrected chi connectivity index (χ2v) is 12.9. The Hall–Kier alpha value is -2.75. The van der Waals surface area contributed by atoms with Gasteiger partial charge in [0.2, 0.25) is 21.8 Å². The van der Waals surface area contributed by atoms with Gasteiger partial charge in [-0.2, -0.15) is 4.31 Å². The number of benzene rings is 3. The Labute approximate surface area is 233 Å². The minimum Gasteiger partial charge on any atom is -0.352 e. The fraction of sp³-hybridized carbons (Fsp3) is 0.379. The molecule has 0 aliphatic heterocycles. The standard InChI is InChI=1S/C29H34BrN3O4S/c1-21(29(35)31-26-13-4-3-5-14-26)33(19-22-9-8-12-25(30)17-22)28(34)20-32(2)38(36,37)27-16-15-23-10-6-7-11-24(23)18-27/h6-12,15-18,21,26H,3-5,13-14,19-20H2,1-2H3,(H,31,35)/t21-/m1/s1. The third kappa shape index (κ3) is 6.81. The first kappa shape index (κ1) is 28.3. The quantitative estimate of drug-likeness (QED) is 0.371. The van der Waals surface area contributed by atoms with Gasteiger partial charge in [-0.3, -0.25) is 9.59 Å². The van der Waals surface area contributed by atoms with Crippen molar-refractivity contribution in [1.29, 1.82) is 0 Å². The van der Waals surface area contributed by atoms with Crippen molar-refractivity contribution in [3.63, 3.8) is 0 Å². The van der Waals surface area contributed by atoms with E-state index in [1.165, 1.54) is 18.4 Å². The Morgan fingerprint density at radius 2 is 1.68 bits per heavy atom. The van der Waals surface area contributed by atoms with Crippen LogP contribution in [-0.2, 0) is 26.2 Å². The largest absolute Gasteiger partial charge is 0.352 e. The molecule has 4 rings (SSSR count). The van der Waals surface area contributed by atoms with Crippen molar-refractivity contribution in [3.05, 3.63) is 76.8 Å². The lowest BCUT2D eigenvalue weighted by atomic mass is 9.95. The van der Waals surface area contributed by atoms with E-state index in [2.05, 4.69) is 21.2 Å². The second kappa shape index (κ2) is 12.4. The van der Waals surface area contributed by atoms with Crippen LogP contribution in [0.3, 0.4) is 0 Å². The van der Waals surface area contributed by atoms with Crippen LogP contribution in [-0.4, -0.2) is 55.1 Å². The maximum absolute atomic E-state index is 13.6. The van der Waals surface area contributed by atoms with Crippen LogP contribution in [0.4, 0.5) is 0 Å². The normalized spacial score (nSPS) is 15.4. The molecule has 1 aliphatic carbocycles. The molecule has 9 heteroatoms. The topological polar surface area (TPSA) is 86.8 Å². The Balaban J connectivity index is 1.54. The maximum atomic E-state index is 13.6. The second-order valence-electron chi connectivity index (χ2n) is 9.94. The lowest BCUT2D eigenvalue weighted by Gasteiger charge is -2.32. The Bertz CT molecular complexity index is 1410. The molecule has 0 bridgehead atoms. The molecule has 1 saturated carbocycles. The Morgan fingerprint density at radius 1 is 0.974 bits per heavy atom. The number of fused-ring (bicyclic) bond motifs is 1. The van der Waals surface area contributed by atoms with Crippen molar-refractivity contribution < 1.29 is 18.0 Å². The zero-order valence-electron chi connectivity index (χ0n) is 21.8. The van der Waals surface area contributed by atoms with E-state index in [0.29, 0.717) is 0 Å². The number of nitrogens with one attached hydrogen (secondary N) is 1. The Morgan fingerprint density at radius 3 is 2.39 bits per heavy atom. The molecule has 0 aromatic heterocycles. The molecule has 1 atom stereocenters. The summed E-state index contributed by atoms with van der Waals surface area (Å²) >= 11 is 3.46. The number of halogens is 1. The lowest BCUT2D eigenvalue weighted by Crippen LogP contribution is -2.52. The minimum atomic E-state index is -3.93. The number of likely N-dealkylation sites (N-methyl/N-ethyl adjacent to an activating group) is 1. The van der Waals surface area contributed by atoms with Gasteiger partial charge in [0.05, 0.1) is 11.4 Å². The summed E-state index contributed by atoms with van der Waals surface area (Å²) in [5, 5.41) is 4.84. The lowest BCUT2D eigenvalue weighted by molar-refractivity contribution is -0.141. The third-order valence-electron chi connectivity index (χ3n) is 7.15. The molecule has 0 heterocycles. The van der Waals surface area contributed by atoms with Crippen LogP contribution < -0.4 is 5.32 Å². The SMILES string of the molecule is C[C@H](C(=O)NC1CCCCC1)N(Cc1cccc(Br)c1)C(=O)CN(C)S(=O)(=O)c1ccc2ccccc2c1. The summed E-state index contributed by atoms with van der Waals surface area (Å²) in [6, 6.07) is 19.3. The molecule has 1 aliphatic rings. The van der Waals surface area contributed by atoms with E-state index in [0.717, 1.165) is 50.8 Å². The third-order valence-corrected chi connectivity index (χ3v) is 9.44. The van der Waals surface area contributed by atoms with Crippen LogP contribution in [0.2, 0.25) is 0 Å². The molecule has 3 aromatic carbocycles. The summed E-state index contributed by atoms with van der Waals surface area (Å²) < 4.78 is 28.7. The van der Waals surface area contributed by atoms with Crippen molar-refractivity contribution in [2.75, 3.05) is 13.6 Å². The number of nitrogens with zero attached hydrogens (tertiary/aromatic N) is 2. The smallest absolute Gasteiger partial charge is 0.243 e. The number of hydrogen-bond acceptors (Lipinski definition) is 4. The van der Waals surface area contributed by atoms with Gasteiger partial charge in [-0.05, 0) is 60.4 Å². The molecular formula is C29H34BrN3O4S. The van der Waals surface area contributed by atoms with Gasteiger partial charge in [0, 0.05) is 24.1 Å². The molecule has 1 fully saturated rings. The zero-order chi connectivity index (χ0) is 27.3. The molecule has 2 amide bonds. The van der Waals surface area contributed by atoms with Crippen LogP contribution in [0.5, 0.6) is 0 Å². The number of carbonyl (C=O) groups excluding carboxylic acids is 2. The van der Waals surface area contributed by atoms with Crippen LogP contribution in [0.15, 0.2) is 76.1 Å². The van der Waals surface area contributed by atoms with Crippen molar-refractivity contribution >= 4 is 48.5 Å². The highest BCUT2D eigenvalue weighted by molar-refractivity contribution is 9.10. The van der Waals surface area contributed by atoms with E-state index in [1.54, 1.807) is 25.1 Å². The van der Waals surface area contributed by atoms with Crippen LogP contribution >= 0.6 is 15.9 Å². The number of rotatable bonds is 9. The summed E-state index contributed by atoms with van der Waals surface area (Å²) in [4.78, 5) is 28.4. The predicted octanol–water partition coefficient (Wildman–Crippen LogP) is 5.09. The number of amides is 2. The monoisotopic (exact) mass is 599 g/mol. The summed E-state index contributed by atoms with van der Waals surface area (Å²) in [5.41, 5.74) is 0.838. The van der Waals surface area contributed by atoms with Gasteiger partial charge in [0.1, 0.15) is 6.04 Å². The number of hydrogen-bond donors (Lipinski definition) is 1. The molecular weight excluding hydrogens is 566 g/mol. The van der Waals surface area contributed by atoms with Gasteiger partial charge < -0.3 is 10.2 Å². The van der Waals surface area contributed by atoms with E-state index in [4.69, 9.17) is 0 Å². The molecule has 1 N–H and O–H groups in total. The highest BCUT2D eigenvalue weighted by atomic mass is 79.9. The molecule has 7 nitrogen and oxygen atoms in total. The summed E-state index contributed by atoms with van der Waals surface area (Å²) in [5.74, 6) is -0.663. The molecule has 0 unspecified atom stereocenters. The van der Waals surface area contributed by atoms with E-state index in [-0.39, 0.29) is 29.9 Å². The molecule has 202 valence electrons. The first-order valence-electron chi connectivity index (χ1n) is 12.9. The van der Waals surface area contributed by atoms with Crippen LogP contribution in [0.25, 0.3) is 10.8 Å². The van der Waals surface area contributed by atoms with Crippen LogP contribution in [0.1, 0.15) is 44.6 Å². The van der Waals surface area contributed by atoms with Gasteiger partial charge >= 0.3 is 0 Å². The van der Waals surface area contributed by atoms with Gasteiger partial charge in [-0.15, -0.1) is 0 Å². The molecule has 0 saturated heterocycles. The average molecular weight is 601 g/mol. The van der Waals surface area contributed by atoms with E-state index in [1.807, 2.05) is 48.5 Å². The number of sulfonamides is 1. The number of carbonyl (C=O) groups is 2. The highest BCUT2D eigenvalue weighted by Gasteiger charge is 2.31. The average Bonchev–Trinajstić information content (AvgIpc) is 2.91. The fourth-order valence-corrected chi connectivity index (χ4v) is 6.46. The van der Waals surface area contributed by atoms with Gasteiger partial charge in [0.15, 0.2) is 0 Å². The maximum Gasteiger partial charge on any atom is 0.243 e. The van der Waals surface area contributed by atoms with Crippen molar-refractivity contribution in [1.82, 2.24) is 14.5 Å². The molecule has 38 heavy (non-hydrogen) atoms. The highest BCUT2D eigenvalue weighted by Crippen LogP contribution is 2.23. The van der Waals surface area contributed by atoms with E-state index < -0.39 is 22.0 Å². The summed E-state index contributed by atoms with van der Waals surface area (Å²) in [6.07, 6.45) is 5.21. The van der Waals surface area contributed by atoms with Crippen molar-refractivity contribution in [2.24, 2.45) is 0 Å². The first-order chi connectivity index (χ1) is 18.1. The summed E-state index contributed by atoms with van der Waals surface area (Å²) in [6.45, 7) is 1.50. The first-order valence-corrected chi connectivity index (χ1v) is 15.2. The minimum absolute atomic E-state index is 0.109. The molecule has 0 spiro atoms. The summed E-state index contributed by atoms with van der Waals surface area (Å²) in [7, 11) is -2.53. The molecule has 3 aromatic rings. The van der Waals surface area contributed by atoms with E-state index >= 15 is 0 Å². The zero-order valence-corrected chi connectivity index (χ0v) is 24.2. The van der Waals surface area contributed by atoms with Gasteiger partial charge in [-0.25, -0.2) is 8.42 Å². The van der Waals surface area contributed by atoms with Crippen molar-refractivity contribution in [2.45, 2.75) is 62.6 Å². The fourth-order valence-electron chi connectivity index (χ4n) is 4.86. The van der Waals surface area contributed by atoms with Gasteiger partial charge in [-0.1, -0.05) is 77.7 Å². The van der Waals surface area contributed by atoms with E-state index in [9.17, 15) is 18.0 Å². The van der Waals surface area contributed by atoms with Crippen molar-refractivity contribution in [3.8, 4) is 0 Å².